The number of halogens is 1. The maximum atomic E-state index is 9.84. The number of nitrogens with zero attached hydrogens (tertiary/aromatic N) is 1. The third-order valence-electron chi connectivity index (χ3n) is 2.99. The van der Waals surface area contributed by atoms with Gasteiger partial charge >= 0.3 is 0 Å². The Kier molecular flexibility index (Phi) is 3.50. The van der Waals surface area contributed by atoms with Crippen LogP contribution in [-0.4, -0.2) is 28.7 Å². The molecule has 0 unspecified atom stereocenters. The molecule has 0 bridgehead atoms. The molecule has 2 nitrogen and oxygen atoms in total. The van der Waals surface area contributed by atoms with E-state index in [0.717, 1.165) is 32.5 Å². The molecule has 1 aliphatic rings. The number of likely N-dealkylation sites (tertiary alicyclic amines) is 1. The zero-order valence-electron chi connectivity index (χ0n) is 8.87. The first-order valence-corrected chi connectivity index (χ1v) is 6.91. The predicted octanol–water partition coefficient (Wildman–Crippen LogP) is 2.86. The second-order valence-corrected chi connectivity index (χ2v) is 6.32. The molecule has 15 heavy (non-hydrogen) atoms. The SMILES string of the molecule is CC1(O)CCN(Cc2sccc2Br)CC1. The van der Waals surface area contributed by atoms with Gasteiger partial charge in [0.15, 0.2) is 0 Å². The fourth-order valence-corrected chi connectivity index (χ4v) is 3.35. The van der Waals surface area contributed by atoms with E-state index in [4.69, 9.17) is 0 Å². The Morgan fingerprint density at radius 1 is 1.53 bits per heavy atom. The molecule has 2 heterocycles. The molecule has 0 atom stereocenters. The van der Waals surface area contributed by atoms with Crippen LogP contribution in [0.15, 0.2) is 15.9 Å². The minimum atomic E-state index is -0.441. The summed E-state index contributed by atoms with van der Waals surface area (Å²) in [6.07, 6.45) is 1.77. The molecule has 1 saturated heterocycles. The lowest BCUT2D eigenvalue weighted by Gasteiger charge is -2.35. The number of thiophene rings is 1. The number of aliphatic hydroxyl groups is 1. The second-order valence-electron chi connectivity index (χ2n) is 4.46. The quantitative estimate of drug-likeness (QED) is 0.905. The number of rotatable bonds is 2. The summed E-state index contributed by atoms with van der Waals surface area (Å²) in [5, 5.41) is 12.0. The minimum Gasteiger partial charge on any atom is -0.390 e. The highest BCUT2D eigenvalue weighted by Gasteiger charge is 2.27. The van der Waals surface area contributed by atoms with Crippen LogP contribution >= 0.6 is 27.3 Å². The molecule has 0 radical (unpaired) electrons. The highest BCUT2D eigenvalue weighted by Crippen LogP contribution is 2.27. The Bertz CT molecular complexity index is 327. The van der Waals surface area contributed by atoms with Crippen LogP contribution in [0.1, 0.15) is 24.6 Å². The van der Waals surface area contributed by atoms with Crippen molar-refractivity contribution in [2.24, 2.45) is 0 Å². The predicted molar refractivity (Wildman–Crippen MR) is 67.2 cm³/mol. The lowest BCUT2D eigenvalue weighted by atomic mass is 9.94. The summed E-state index contributed by atoms with van der Waals surface area (Å²) in [6, 6.07) is 2.10. The summed E-state index contributed by atoms with van der Waals surface area (Å²) >= 11 is 5.34. The van der Waals surface area contributed by atoms with Crippen molar-refractivity contribution in [2.75, 3.05) is 13.1 Å². The Morgan fingerprint density at radius 3 is 2.73 bits per heavy atom. The molecule has 0 spiro atoms. The van der Waals surface area contributed by atoms with Gasteiger partial charge in [-0.05, 0) is 47.1 Å². The van der Waals surface area contributed by atoms with Crippen molar-refractivity contribution in [1.29, 1.82) is 0 Å². The molecule has 4 heteroatoms. The molecule has 0 aliphatic carbocycles. The van der Waals surface area contributed by atoms with Crippen molar-refractivity contribution in [1.82, 2.24) is 4.90 Å². The van der Waals surface area contributed by atoms with E-state index in [2.05, 4.69) is 32.3 Å². The fourth-order valence-electron chi connectivity index (χ4n) is 1.83. The van der Waals surface area contributed by atoms with Crippen LogP contribution in [0.25, 0.3) is 0 Å². The van der Waals surface area contributed by atoms with Crippen LogP contribution in [0, 0.1) is 0 Å². The fraction of sp³-hybridized carbons (Fsp3) is 0.636. The Balaban J connectivity index is 1.90. The first kappa shape index (κ1) is 11.6. The first-order chi connectivity index (χ1) is 7.07. The molecular formula is C11H16BrNOS. The van der Waals surface area contributed by atoms with Crippen molar-refractivity contribution in [3.63, 3.8) is 0 Å². The number of hydrogen-bond acceptors (Lipinski definition) is 3. The van der Waals surface area contributed by atoms with E-state index < -0.39 is 5.60 Å². The van der Waals surface area contributed by atoms with Gasteiger partial charge in [-0.2, -0.15) is 0 Å². The van der Waals surface area contributed by atoms with Gasteiger partial charge in [-0.15, -0.1) is 11.3 Å². The van der Waals surface area contributed by atoms with Crippen molar-refractivity contribution in [2.45, 2.75) is 31.9 Å². The van der Waals surface area contributed by atoms with E-state index in [9.17, 15) is 5.11 Å². The number of piperidine rings is 1. The molecular weight excluding hydrogens is 274 g/mol. The Morgan fingerprint density at radius 2 is 2.20 bits per heavy atom. The van der Waals surface area contributed by atoms with Gasteiger partial charge in [-0.3, -0.25) is 4.90 Å². The molecule has 1 fully saturated rings. The summed E-state index contributed by atoms with van der Waals surface area (Å²) < 4.78 is 1.21. The zero-order chi connectivity index (χ0) is 10.9. The van der Waals surface area contributed by atoms with Crippen LogP contribution < -0.4 is 0 Å². The number of hydrogen-bond donors (Lipinski definition) is 1. The van der Waals surface area contributed by atoms with Gasteiger partial charge in [0.2, 0.25) is 0 Å². The second kappa shape index (κ2) is 4.53. The van der Waals surface area contributed by atoms with Crippen LogP contribution in [0.4, 0.5) is 0 Å². The van der Waals surface area contributed by atoms with Crippen LogP contribution in [-0.2, 0) is 6.54 Å². The van der Waals surface area contributed by atoms with E-state index in [1.807, 2.05) is 6.92 Å². The van der Waals surface area contributed by atoms with Gasteiger partial charge in [0.05, 0.1) is 5.60 Å². The summed E-state index contributed by atoms with van der Waals surface area (Å²) in [4.78, 5) is 3.80. The van der Waals surface area contributed by atoms with Crippen molar-refractivity contribution in [3.05, 3.63) is 20.8 Å². The molecule has 2 rings (SSSR count). The molecule has 84 valence electrons. The third-order valence-corrected chi connectivity index (χ3v) is 4.90. The van der Waals surface area contributed by atoms with Gasteiger partial charge in [-0.25, -0.2) is 0 Å². The normalized spacial score (nSPS) is 21.8. The minimum absolute atomic E-state index is 0.441. The molecule has 0 amide bonds. The lowest BCUT2D eigenvalue weighted by molar-refractivity contribution is -0.00710. The summed E-state index contributed by atoms with van der Waals surface area (Å²) in [5.41, 5.74) is -0.441. The molecule has 1 N–H and O–H groups in total. The van der Waals surface area contributed by atoms with Crippen molar-refractivity contribution >= 4 is 27.3 Å². The van der Waals surface area contributed by atoms with E-state index in [0.29, 0.717) is 0 Å². The molecule has 0 saturated carbocycles. The van der Waals surface area contributed by atoms with Crippen LogP contribution in [0.2, 0.25) is 0 Å². The topological polar surface area (TPSA) is 23.5 Å². The van der Waals surface area contributed by atoms with Gasteiger partial charge in [0.25, 0.3) is 0 Å². The van der Waals surface area contributed by atoms with E-state index in [-0.39, 0.29) is 0 Å². The van der Waals surface area contributed by atoms with Gasteiger partial charge in [0, 0.05) is 29.0 Å². The zero-order valence-corrected chi connectivity index (χ0v) is 11.3. The van der Waals surface area contributed by atoms with E-state index in [1.165, 1.54) is 9.35 Å². The molecule has 1 aliphatic heterocycles. The largest absolute Gasteiger partial charge is 0.390 e. The maximum Gasteiger partial charge on any atom is 0.0644 e. The van der Waals surface area contributed by atoms with Crippen LogP contribution in [0.3, 0.4) is 0 Å². The first-order valence-electron chi connectivity index (χ1n) is 5.23. The summed E-state index contributed by atoms with van der Waals surface area (Å²) in [5.74, 6) is 0. The summed E-state index contributed by atoms with van der Waals surface area (Å²) in [6.45, 7) is 4.94. The standard InChI is InChI=1S/C11H16BrNOS/c1-11(14)3-5-13(6-4-11)8-10-9(12)2-7-15-10/h2,7,14H,3-6,8H2,1H3. The average Bonchev–Trinajstić information content (AvgIpc) is 2.56. The average molecular weight is 290 g/mol. The van der Waals surface area contributed by atoms with Crippen molar-refractivity contribution < 1.29 is 5.11 Å². The smallest absolute Gasteiger partial charge is 0.0644 e. The Labute approximate surface area is 103 Å². The highest BCUT2D eigenvalue weighted by molar-refractivity contribution is 9.10. The maximum absolute atomic E-state index is 9.84. The molecule has 1 aromatic rings. The van der Waals surface area contributed by atoms with Gasteiger partial charge < -0.3 is 5.11 Å². The van der Waals surface area contributed by atoms with E-state index in [1.54, 1.807) is 11.3 Å². The van der Waals surface area contributed by atoms with Gasteiger partial charge in [0.1, 0.15) is 0 Å². The van der Waals surface area contributed by atoms with Crippen LogP contribution in [0.5, 0.6) is 0 Å². The van der Waals surface area contributed by atoms with E-state index >= 15 is 0 Å². The lowest BCUT2D eigenvalue weighted by Crippen LogP contribution is -2.41. The molecule has 0 aromatic carbocycles. The molecule has 1 aromatic heterocycles. The highest BCUT2D eigenvalue weighted by atomic mass is 79.9. The van der Waals surface area contributed by atoms with Gasteiger partial charge in [-0.1, -0.05) is 0 Å². The monoisotopic (exact) mass is 289 g/mol. The summed E-state index contributed by atoms with van der Waals surface area (Å²) in [7, 11) is 0. The Hall–Kier alpha value is 0.100. The third kappa shape index (κ3) is 3.03. The van der Waals surface area contributed by atoms with Crippen molar-refractivity contribution in [3.8, 4) is 0 Å².